The average Bonchev–Trinajstić information content (AvgIpc) is 2.65. The maximum Gasteiger partial charge on any atom is 0.186 e. The van der Waals surface area contributed by atoms with Crippen molar-refractivity contribution < 1.29 is 13.5 Å². The van der Waals surface area contributed by atoms with Crippen molar-refractivity contribution >= 4 is 27.1 Å². The van der Waals surface area contributed by atoms with Crippen LogP contribution in [0.15, 0.2) is 17.0 Å². The largest absolute Gasteiger partial charge is 0.504 e. The van der Waals surface area contributed by atoms with Crippen LogP contribution in [0.5, 0.6) is 5.75 Å². The van der Waals surface area contributed by atoms with Crippen LogP contribution >= 0.6 is 11.6 Å². The van der Waals surface area contributed by atoms with Gasteiger partial charge in [0.2, 0.25) is 0 Å². The highest BCUT2D eigenvalue weighted by molar-refractivity contribution is 7.92. The first-order chi connectivity index (χ1) is 9.82. The van der Waals surface area contributed by atoms with E-state index < -0.39 is 20.8 Å². The highest BCUT2D eigenvalue weighted by atomic mass is 35.5. The van der Waals surface area contributed by atoms with Gasteiger partial charge in [0.1, 0.15) is 4.90 Å². The molecule has 1 aromatic carbocycles. The zero-order valence-electron chi connectivity index (χ0n) is 11.8. The van der Waals surface area contributed by atoms with Crippen LogP contribution in [0.4, 0.5) is 5.69 Å². The Kier molecular flexibility index (Phi) is 3.58. The Hall–Kier alpha value is -0.980. The fourth-order valence-corrected chi connectivity index (χ4v) is 6.10. The number of hydrogen-bond donors (Lipinski definition) is 2. The number of nitrogens with two attached hydrogens (primary N) is 1. The number of sulfone groups is 1. The Morgan fingerprint density at radius 3 is 2.43 bits per heavy atom. The van der Waals surface area contributed by atoms with E-state index in [1.165, 1.54) is 12.1 Å². The second kappa shape index (κ2) is 5.04. The van der Waals surface area contributed by atoms with Crippen molar-refractivity contribution in [3.63, 3.8) is 0 Å². The molecule has 0 radical (unpaired) electrons. The minimum Gasteiger partial charge on any atom is -0.504 e. The van der Waals surface area contributed by atoms with Gasteiger partial charge in [-0.3, -0.25) is 0 Å². The third-order valence-electron chi connectivity index (χ3n) is 4.89. The number of fused-ring (bicyclic) bond motifs is 2. The molecule has 2 saturated heterocycles. The molecule has 0 amide bonds. The van der Waals surface area contributed by atoms with Crippen LogP contribution < -0.4 is 5.73 Å². The number of piperidine rings is 1. The number of rotatable bonds is 2. The SMILES string of the molecule is CN1[C@@H]2CC[C@H]1C[C@@H](S(=O)(=O)c1c(Cl)ccc(N)c1O)C2. The van der Waals surface area contributed by atoms with Gasteiger partial charge in [0, 0.05) is 12.1 Å². The number of hydrogen-bond acceptors (Lipinski definition) is 5. The first kappa shape index (κ1) is 14.9. The minimum atomic E-state index is -3.68. The first-order valence-corrected chi connectivity index (χ1v) is 8.97. The van der Waals surface area contributed by atoms with Gasteiger partial charge in [-0.05, 0) is 44.9 Å². The topological polar surface area (TPSA) is 83.6 Å². The lowest BCUT2D eigenvalue weighted by Crippen LogP contribution is -2.44. The molecular formula is C14H19ClN2O3S. The molecule has 2 bridgehead atoms. The molecular weight excluding hydrogens is 312 g/mol. The summed E-state index contributed by atoms with van der Waals surface area (Å²) in [6.07, 6.45) is 3.23. The molecule has 3 N–H and O–H groups in total. The molecule has 1 aromatic rings. The maximum absolute atomic E-state index is 12.9. The minimum absolute atomic E-state index is 0.0352. The van der Waals surface area contributed by atoms with E-state index in [0.29, 0.717) is 24.9 Å². The predicted octanol–water partition coefficient (Wildman–Crippen LogP) is 2.03. The van der Waals surface area contributed by atoms with E-state index in [2.05, 4.69) is 11.9 Å². The Labute approximate surface area is 129 Å². The van der Waals surface area contributed by atoms with Gasteiger partial charge in [-0.15, -0.1) is 0 Å². The second-order valence-corrected chi connectivity index (χ2v) is 8.58. The van der Waals surface area contributed by atoms with E-state index in [1.807, 2.05) is 0 Å². The number of aromatic hydroxyl groups is 1. The summed E-state index contributed by atoms with van der Waals surface area (Å²) < 4.78 is 25.8. The van der Waals surface area contributed by atoms with Crippen LogP contribution in [0.25, 0.3) is 0 Å². The van der Waals surface area contributed by atoms with Gasteiger partial charge in [0.15, 0.2) is 15.6 Å². The molecule has 3 rings (SSSR count). The van der Waals surface area contributed by atoms with Crippen molar-refractivity contribution in [1.29, 1.82) is 0 Å². The van der Waals surface area contributed by atoms with Gasteiger partial charge in [0.25, 0.3) is 0 Å². The third kappa shape index (κ3) is 2.29. The molecule has 0 spiro atoms. The van der Waals surface area contributed by atoms with Gasteiger partial charge >= 0.3 is 0 Å². The van der Waals surface area contributed by atoms with Crippen molar-refractivity contribution in [1.82, 2.24) is 4.90 Å². The average molecular weight is 331 g/mol. The van der Waals surface area contributed by atoms with Gasteiger partial charge in [-0.25, -0.2) is 8.42 Å². The fraction of sp³-hybridized carbons (Fsp3) is 0.571. The van der Waals surface area contributed by atoms with Crippen molar-refractivity contribution in [2.45, 2.75) is 47.9 Å². The highest BCUT2D eigenvalue weighted by Crippen LogP contribution is 2.43. The molecule has 0 saturated carbocycles. The van der Waals surface area contributed by atoms with Crippen molar-refractivity contribution in [2.24, 2.45) is 0 Å². The zero-order valence-corrected chi connectivity index (χ0v) is 13.4. The third-order valence-corrected chi connectivity index (χ3v) is 7.56. The molecule has 7 heteroatoms. The van der Waals surface area contributed by atoms with E-state index in [1.54, 1.807) is 0 Å². The van der Waals surface area contributed by atoms with Gasteiger partial charge in [0.05, 0.1) is 16.0 Å². The smallest absolute Gasteiger partial charge is 0.186 e. The summed E-state index contributed by atoms with van der Waals surface area (Å²) in [6, 6.07) is 3.43. The van der Waals surface area contributed by atoms with Crippen molar-refractivity contribution in [3.05, 3.63) is 17.2 Å². The van der Waals surface area contributed by atoms with Crippen LogP contribution in [0.2, 0.25) is 5.02 Å². The molecule has 2 fully saturated rings. The molecule has 0 aliphatic carbocycles. The van der Waals surface area contributed by atoms with Gasteiger partial charge < -0.3 is 15.7 Å². The zero-order chi connectivity index (χ0) is 15.4. The van der Waals surface area contributed by atoms with Gasteiger partial charge in [-0.2, -0.15) is 0 Å². The van der Waals surface area contributed by atoms with Crippen LogP contribution in [0, 0.1) is 0 Å². The summed E-state index contributed by atoms with van der Waals surface area (Å²) in [4.78, 5) is 2.06. The molecule has 2 heterocycles. The van der Waals surface area contributed by atoms with Crippen molar-refractivity contribution in [3.8, 4) is 5.75 Å². The Morgan fingerprint density at radius 2 is 1.86 bits per heavy atom. The van der Waals surface area contributed by atoms with Crippen molar-refractivity contribution in [2.75, 3.05) is 12.8 Å². The standard InChI is InChI=1S/C14H19ClN2O3S/c1-17-8-2-3-9(17)7-10(6-8)21(19,20)14-11(15)4-5-12(16)13(14)18/h4-5,8-10,18H,2-3,6-7,16H2,1H3/t8-,9+,10+. The number of phenolic OH excluding ortho intramolecular Hbond substituents is 1. The monoisotopic (exact) mass is 330 g/mol. The number of halogens is 1. The fourth-order valence-electron chi connectivity index (χ4n) is 3.61. The van der Waals surface area contributed by atoms with E-state index in [-0.39, 0.29) is 15.6 Å². The summed E-state index contributed by atoms with van der Waals surface area (Å²) >= 11 is 6.02. The molecule has 2 aliphatic heterocycles. The van der Waals surface area contributed by atoms with Crippen LogP contribution in [-0.4, -0.2) is 42.8 Å². The van der Waals surface area contributed by atoms with E-state index >= 15 is 0 Å². The molecule has 3 atom stereocenters. The van der Waals surface area contributed by atoms with Crippen LogP contribution in [0.1, 0.15) is 25.7 Å². The van der Waals surface area contributed by atoms with Crippen LogP contribution in [0.3, 0.4) is 0 Å². The number of anilines is 1. The molecule has 0 aromatic heterocycles. The second-order valence-electron chi connectivity index (χ2n) is 6.00. The molecule has 21 heavy (non-hydrogen) atoms. The highest BCUT2D eigenvalue weighted by Gasteiger charge is 2.44. The molecule has 116 valence electrons. The quantitative estimate of drug-likeness (QED) is 0.640. The lowest BCUT2D eigenvalue weighted by atomic mass is 10.0. The first-order valence-electron chi connectivity index (χ1n) is 7.05. The maximum atomic E-state index is 12.9. The number of nitrogens with zero attached hydrogens (tertiary/aromatic N) is 1. The summed E-state index contributed by atoms with van der Waals surface area (Å²) in [5.74, 6) is -0.422. The molecule has 0 unspecified atom stereocenters. The Balaban J connectivity index is 2.01. The lowest BCUT2D eigenvalue weighted by Gasteiger charge is -2.36. The molecule has 5 nitrogen and oxygen atoms in total. The van der Waals surface area contributed by atoms with E-state index in [4.69, 9.17) is 17.3 Å². The summed E-state index contributed by atoms with van der Waals surface area (Å²) in [6.45, 7) is 0. The summed E-state index contributed by atoms with van der Waals surface area (Å²) in [5.41, 5.74) is 5.66. The van der Waals surface area contributed by atoms with Crippen LogP contribution in [-0.2, 0) is 9.84 Å². The Morgan fingerprint density at radius 1 is 1.29 bits per heavy atom. The number of nitrogen functional groups attached to an aromatic ring is 1. The Bertz CT molecular complexity index is 663. The number of benzene rings is 1. The molecule has 2 aliphatic rings. The lowest BCUT2D eigenvalue weighted by molar-refractivity contribution is 0.180. The van der Waals surface area contributed by atoms with E-state index in [9.17, 15) is 13.5 Å². The van der Waals surface area contributed by atoms with E-state index in [0.717, 1.165) is 12.8 Å². The normalized spacial score (nSPS) is 29.7. The summed E-state index contributed by atoms with van der Waals surface area (Å²) in [5, 5.41) is 9.58. The van der Waals surface area contributed by atoms with Gasteiger partial charge in [-0.1, -0.05) is 11.6 Å². The summed E-state index contributed by atoms with van der Waals surface area (Å²) in [7, 11) is -1.63. The predicted molar refractivity (Wildman–Crippen MR) is 82.3 cm³/mol. The number of phenols is 1.